The summed E-state index contributed by atoms with van der Waals surface area (Å²) in [6.07, 6.45) is 1.10. The maximum absolute atomic E-state index is 14.4. The van der Waals surface area contributed by atoms with Crippen LogP contribution in [0.15, 0.2) is 120 Å². The minimum absolute atomic E-state index is 0.0732. The molecule has 206 valence electrons. The number of hydrogen-bond donors (Lipinski definition) is 1. The first kappa shape index (κ1) is 26.6. The second-order valence-corrected chi connectivity index (χ2v) is 10.7. The molecule has 4 aromatic carbocycles. The average molecular weight is 542 g/mol. The molecule has 1 N–H and O–H groups in total. The molecule has 0 spiro atoms. The van der Waals surface area contributed by atoms with E-state index < -0.39 is 6.04 Å². The fraction of sp³-hybridized carbons (Fsp3) is 0.222. The molecular formula is C36H35N3O2. The summed E-state index contributed by atoms with van der Waals surface area (Å²) in [5, 5.41) is 3.63. The molecule has 0 fully saturated rings. The Kier molecular flexibility index (Phi) is 7.43. The topological polar surface area (TPSA) is 52.7 Å². The summed E-state index contributed by atoms with van der Waals surface area (Å²) in [7, 11) is 0. The van der Waals surface area contributed by atoms with E-state index in [1.54, 1.807) is 0 Å². The number of Topliss-reactive ketones (excluding diaryl/α,β-unsaturated/α-hetero) is 1. The second kappa shape index (κ2) is 11.5. The SMILES string of the molecule is CCN(CC)c1ccc([C@@H]2C3=C(C[C@H](c4ccccc4)CC3=O)Nc3ccccc3N2C(=O)c2ccccc2)cc1. The number of nitrogens with one attached hydrogen (secondary N) is 1. The van der Waals surface area contributed by atoms with Crippen LogP contribution < -0.4 is 15.1 Å². The molecule has 0 bridgehead atoms. The zero-order chi connectivity index (χ0) is 28.3. The van der Waals surface area contributed by atoms with E-state index in [9.17, 15) is 9.59 Å². The molecule has 1 amide bonds. The van der Waals surface area contributed by atoms with Gasteiger partial charge in [-0.3, -0.25) is 14.5 Å². The number of amides is 1. The number of para-hydroxylation sites is 2. The Labute approximate surface area is 242 Å². The maximum atomic E-state index is 14.4. The van der Waals surface area contributed by atoms with Gasteiger partial charge in [0.25, 0.3) is 5.91 Å². The molecule has 0 unspecified atom stereocenters. The van der Waals surface area contributed by atoms with E-state index in [0.29, 0.717) is 24.0 Å². The van der Waals surface area contributed by atoms with Crippen molar-refractivity contribution in [1.82, 2.24) is 0 Å². The summed E-state index contributed by atoms with van der Waals surface area (Å²) in [6.45, 7) is 6.10. The van der Waals surface area contributed by atoms with Crippen molar-refractivity contribution in [2.75, 3.05) is 28.2 Å². The lowest BCUT2D eigenvalue weighted by Gasteiger charge is -2.35. The third kappa shape index (κ3) is 5.04. The summed E-state index contributed by atoms with van der Waals surface area (Å²) in [6, 6.07) is 35.3. The highest BCUT2D eigenvalue weighted by atomic mass is 16.2. The number of carbonyl (C=O) groups is 2. The Hall–Kier alpha value is -4.64. The molecule has 2 aliphatic rings. The smallest absolute Gasteiger partial charge is 0.259 e. The molecule has 0 radical (unpaired) electrons. The number of allylic oxidation sites excluding steroid dienone is 1. The van der Waals surface area contributed by atoms with Crippen LogP contribution in [0.4, 0.5) is 17.1 Å². The van der Waals surface area contributed by atoms with Crippen LogP contribution >= 0.6 is 0 Å². The number of anilines is 3. The third-order valence-electron chi connectivity index (χ3n) is 8.34. The van der Waals surface area contributed by atoms with Gasteiger partial charge >= 0.3 is 0 Å². The number of carbonyl (C=O) groups excluding carboxylic acids is 2. The van der Waals surface area contributed by atoms with Crippen LogP contribution in [0.25, 0.3) is 0 Å². The van der Waals surface area contributed by atoms with Gasteiger partial charge in [-0.05, 0) is 73.7 Å². The van der Waals surface area contributed by atoms with Crippen LogP contribution in [-0.2, 0) is 4.79 Å². The van der Waals surface area contributed by atoms with Gasteiger partial charge in [0.2, 0.25) is 0 Å². The van der Waals surface area contributed by atoms with Gasteiger partial charge in [0.05, 0.1) is 17.4 Å². The summed E-state index contributed by atoms with van der Waals surface area (Å²) in [5.41, 5.74) is 6.94. The number of fused-ring (bicyclic) bond motifs is 1. The van der Waals surface area contributed by atoms with Crippen molar-refractivity contribution in [3.05, 3.63) is 137 Å². The van der Waals surface area contributed by atoms with E-state index >= 15 is 0 Å². The molecule has 6 rings (SSSR count). The van der Waals surface area contributed by atoms with Crippen molar-refractivity contribution in [2.24, 2.45) is 0 Å². The van der Waals surface area contributed by atoms with Crippen molar-refractivity contribution in [2.45, 2.75) is 38.6 Å². The van der Waals surface area contributed by atoms with Crippen LogP contribution in [0.2, 0.25) is 0 Å². The minimum Gasteiger partial charge on any atom is -0.372 e. The number of rotatable bonds is 6. The lowest BCUT2D eigenvalue weighted by Crippen LogP contribution is -2.38. The molecule has 5 heteroatoms. The van der Waals surface area contributed by atoms with Gasteiger partial charge in [-0.25, -0.2) is 0 Å². The standard InChI is InChI=1S/C36H35N3O2/c1-3-38(4-2)29-21-19-26(20-22-29)35-34-31(23-28(24-33(34)40)25-13-7-5-8-14-25)37-30-17-11-12-18-32(30)39(35)36(41)27-15-9-6-10-16-27/h5-22,28,35,37H,3-4,23-24H2,1-2H3/t28-,35+/m0/s1. The van der Waals surface area contributed by atoms with Crippen molar-refractivity contribution in [3.8, 4) is 0 Å². The number of benzene rings is 4. The first-order valence-electron chi connectivity index (χ1n) is 14.5. The van der Waals surface area contributed by atoms with E-state index in [1.807, 2.05) is 77.7 Å². The van der Waals surface area contributed by atoms with Crippen molar-refractivity contribution in [3.63, 3.8) is 0 Å². The first-order valence-corrected chi connectivity index (χ1v) is 14.5. The summed E-state index contributed by atoms with van der Waals surface area (Å²) in [5.74, 6) is 0.0117. The molecule has 2 atom stereocenters. The maximum Gasteiger partial charge on any atom is 0.259 e. The van der Waals surface area contributed by atoms with Crippen molar-refractivity contribution < 1.29 is 9.59 Å². The van der Waals surface area contributed by atoms with Crippen LogP contribution in [0, 0.1) is 0 Å². The Morgan fingerprint density at radius 2 is 1.41 bits per heavy atom. The molecule has 1 heterocycles. The summed E-state index contributed by atoms with van der Waals surface area (Å²) in [4.78, 5) is 32.7. The lowest BCUT2D eigenvalue weighted by atomic mass is 9.78. The van der Waals surface area contributed by atoms with Crippen molar-refractivity contribution in [1.29, 1.82) is 0 Å². The molecule has 1 aliphatic heterocycles. The fourth-order valence-corrected chi connectivity index (χ4v) is 6.27. The van der Waals surface area contributed by atoms with Gasteiger partial charge in [-0.1, -0.05) is 72.8 Å². The van der Waals surface area contributed by atoms with Gasteiger partial charge in [0, 0.05) is 42.0 Å². The van der Waals surface area contributed by atoms with Crippen LogP contribution in [0.5, 0.6) is 0 Å². The molecule has 1 aliphatic carbocycles. The zero-order valence-corrected chi connectivity index (χ0v) is 23.6. The van der Waals surface area contributed by atoms with Crippen molar-refractivity contribution >= 4 is 28.8 Å². The van der Waals surface area contributed by atoms with Gasteiger partial charge in [-0.2, -0.15) is 0 Å². The molecule has 0 saturated carbocycles. The van der Waals surface area contributed by atoms with E-state index in [1.165, 1.54) is 0 Å². The van der Waals surface area contributed by atoms with Crippen LogP contribution in [0.3, 0.4) is 0 Å². The van der Waals surface area contributed by atoms with Crippen LogP contribution in [0.1, 0.15) is 60.1 Å². The highest BCUT2D eigenvalue weighted by molar-refractivity contribution is 6.12. The monoisotopic (exact) mass is 541 g/mol. The second-order valence-electron chi connectivity index (χ2n) is 10.7. The summed E-state index contributed by atoms with van der Waals surface area (Å²) < 4.78 is 0. The molecule has 41 heavy (non-hydrogen) atoms. The lowest BCUT2D eigenvalue weighted by molar-refractivity contribution is -0.116. The largest absolute Gasteiger partial charge is 0.372 e. The minimum atomic E-state index is -0.566. The number of hydrogen-bond acceptors (Lipinski definition) is 4. The third-order valence-corrected chi connectivity index (χ3v) is 8.34. The molecule has 0 saturated heterocycles. The Morgan fingerprint density at radius 3 is 2.10 bits per heavy atom. The van der Waals surface area contributed by atoms with Gasteiger partial charge in [0.1, 0.15) is 0 Å². The Morgan fingerprint density at radius 1 is 0.780 bits per heavy atom. The first-order chi connectivity index (χ1) is 20.1. The fourth-order valence-electron chi connectivity index (χ4n) is 6.27. The van der Waals surface area contributed by atoms with E-state index in [2.05, 4.69) is 60.5 Å². The predicted molar refractivity (Wildman–Crippen MR) is 167 cm³/mol. The quantitative estimate of drug-likeness (QED) is 0.271. The number of ketones is 1. The van der Waals surface area contributed by atoms with Gasteiger partial charge in [-0.15, -0.1) is 0 Å². The van der Waals surface area contributed by atoms with E-state index in [0.717, 1.165) is 47.0 Å². The predicted octanol–water partition coefficient (Wildman–Crippen LogP) is 7.75. The normalized spacial score (nSPS) is 18.2. The average Bonchev–Trinajstić information content (AvgIpc) is 3.17. The van der Waals surface area contributed by atoms with E-state index in [-0.39, 0.29) is 17.6 Å². The Balaban J connectivity index is 1.54. The molecule has 0 aromatic heterocycles. The molecule has 4 aromatic rings. The zero-order valence-electron chi connectivity index (χ0n) is 23.6. The molecular weight excluding hydrogens is 506 g/mol. The highest BCUT2D eigenvalue weighted by Crippen LogP contribution is 2.48. The Bertz CT molecular complexity index is 1570. The number of nitrogens with zero attached hydrogens (tertiary/aromatic N) is 2. The van der Waals surface area contributed by atoms with Gasteiger partial charge < -0.3 is 10.2 Å². The van der Waals surface area contributed by atoms with E-state index in [4.69, 9.17) is 0 Å². The molecule has 5 nitrogen and oxygen atoms in total. The van der Waals surface area contributed by atoms with Gasteiger partial charge in [0.15, 0.2) is 5.78 Å². The highest BCUT2D eigenvalue weighted by Gasteiger charge is 2.41. The summed E-state index contributed by atoms with van der Waals surface area (Å²) >= 11 is 0. The van der Waals surface area contributed by atoms with Crippen LogP contribution in [-0.4, -0.2) is 24.8 Å².